The number of carbonyl (C=O) groups excluding carboxylic acids is 1. The van der Waals surface area contributed by atoms with Gasteiger partial charge in [0.2, 0.25) is 0 Å². The average Bonchev–Trinajstić information content (AvgIpc) is 3.43. The SMILES string of the molecule is CCS(=O)(=O)c1ccc(Cl)cc1CNC(=O)c1cc(OC(F)(F)F)c(CN2CCC(N3CCCC3)CC2)cc1N. The van der Waals surface area contributed by atoms with E-state index in [0.29, 0.717) is 6.04 Å². The Hall–Kier alpha value is -2.54. The molecule has 0 bridgehead atoms. The molecule has 2 aliphatic rings. The predicted molar refractivity (Wildman–Crippen MR) is 147 cm³/mol. The summed E-state index contributed by atoms with van der Waals surface area (Å²) in [5.41, 5.74) is 6.40. The average molecular weight is 603 g/mol. The molecule has 2 aromatic carbocycles. The van der Waals surface area contributed by atoms with E-state index in [9.17, 15) is 26.4 Å². The fourth-order valence-electron chi connectivity index (χ4n) is 5.39. The zero-order valence-corrected chi connectivity index (χ0v) is 23.8. The monoisotopic (exact) mass is 602 g/mol. The Balaban J connectivity index is 1.51. The molecule has 2 aromatic rings. The number of halogens is 4. The third-order valence-corrected chi connectivity index (χ3v) is 9.55. The smallest absolute Gasteiger partial charge is 0.405 e. The zero-order valence-electron chi connectivity index (χ0n) is 22.3. The summed E-state index contributed by atoms with van der Waals surface area (Å²) in [4.78, 5) is 17.6. The molecule has 0 radical (unpaired) electrons. The summed E-state index contributed by atoms with van der Waals surface area (Å²) in [5.74, 6) is -1.43. The van der Waals surface area contributed by atoms with E-state index in [0.717, 1.165) is 45.1 Å². The number of sulfone groups is 1. The maximum Gasteiger partial charge on any atom is 0.573 e. The van der Waals surface area contributed by atoms with Crippen LogP contribution in [0.15, 0.2) is 35.2 Å². The van der Waals surface area contributed by atoms with Gasteiger partial charge >= 0.3 is 6.36 Å². The van der Waals surface area contributed by atoms with E-state index in [-0.39, 0.29) is 51.1 Å². The maximum absolute atomic E-state index is 13.3. The lowest BCUT2D eigenvalue weighted by Crippen LogP contribution is -2.43. The van der Waals surface area contributed by atoms with Crippen LogP contribution < -0.4 is 15.8 Å². The Morgan fingerprint density at radius 3 is 2.40 bits per heavy atom. The number of anilines is 1. The number of hydrogen-bond acceptors (Lipinski definition) is 7. The van der Waals surface area contributed by atoms with Gasteiger partial charge in [0.05, 0.1) is 16.2 Å². The first-order chi connectivity index (χ1) is 18.9. The minimum Gasteiger partial charge on any atom is -0.405 e. The number of nitrogens with one attached hydrogen (secondary N) is 1. The largest absolute Gasteiger partial charge is 0.573 e. The number of nitrogen functional groups attached to an aromatic ring is 1. The van der Waals surface area contributed by atoms with E-state index in [2.05, 4.69) is 19.9 Å². The van der Waals surface area contributed by atoms with Gasteiger partial charge in [-0.25, -0.2) is 8.42 Å². The first-order valence-electron chi connectivity index (χ1n) is 13.3. The molecule has 0 atom stereocenters. The fourth-order valence-corrected chi connectivity index (χ4v) is 6.70. The van der Waals surface area contributed by atoms with Gasteiger partial charge in [0.25, 0.3) is 5.91 Å². The quantitative estimate of drug-likeness (QED) is 0.404. The maximum atomic E-state index is 13.3. The molecule has 220 valence electrons. The van der Waals surface area contributed by atoms with Gasteiger partial charge < -0.3 is 20.7 Å². The molecular weight excluding hydrogens is 569 g/mol. The van der Waals surface area contributed by atoms with E-state index in [1.165, 1.54) is 44.0 Å². The van der Waals surface area contributed by atoms with Crippen molar-refractivity contribution >= 4 is 33.0 Å². The summed E-state index contributed by atoms with van der Waals surface area (Å²) >= 11 is 6.03. The van der Waals surface area contributed by atoms with Crippen molar-refractivity contribution in [2.24, 2.45) is 0 Å². The Labute approximate surface area is 237 Å². The highest BCUT2D eigenvalue weighted by Gasteiger charge is 2.34. The van der Waals surface area contributed by atoms with Crippen molar-refractivity contribution in [3.63, 3.8) is 0 Å². The number of likely N-dealkylation sites (tertiary alicyclic amines) is 2. The van der Waals surface area contributed by atoms with Crippen LogP contribution in [0.1, 0.15) is 54.1 Å². The van der Waals surface area contributed by atoms with Crippen LogP contribution in [0.3, 0.4) is 0 Å². The van der Waals surface area contributed by atoms with Gasteiger partial charge in [-0.2, -0.15) is 0 Å². The Bertz CT molecular complexity index is 1330. The van der Waals surface area contributed by atoms with Crippen LogP contribution in [-0.2, 0) is 22.9 Å². The first-order valence-corrected chi connectivity index (χ1v) is 15.3. The second-order valence-corrected chi connectivity index (χ2v) is 12.9. The molecule has 0 spiro atoms. The normalized spacial score (nSPS) is 17.7. The van der Waals surface area contributed by atoms with Crippen LogP contribution in [0.2, 0.25) is 5.02 Å². The second kappa shape index (κ2) is 12.5. The van der Waals surface area contributed by atoms with E-state index in [1.807, 2.05) is 0 Å². The summed E-state index contributed by atoms with van der Waals surface area (Å²) in [6, 6.07) is 7.04. The van der Waals surface area contributed by atoms with Crippen molar-refractivity contribution < 1.29 is 31.1 Å². The summed E-state index contributed by atoms with van der Waals surface area (Å²) < 4.78 is 69.2. The van der Waals surface area contributed by atoms with Gasteiger partial charge in [0, 0.05) is 35.4 Å². The van der Waals surface area contributed by atoms with Crippen LogP contribution in [0.5, 0.6) is 5.75 Å². The predicted octanol–water partition coefficient (Wildman–Crippen LogP) is 4.60. The van der Waals surface area contributed by atoms with Crippen molar-refractivity contribution in [1.29, 1.82) is 0 Å². The molecule has 0 saturated carbocycles. The van der Waals surface area contributed by atoms with Gasteiger partial charge in [-0.3, -0.25) is 9.69 Å². The van der Waals surface area contributed by atoms with Gasteiger partial charge in [0.1, 0.15) is 5.75 Å². The van der Waals surface area contributed by atoms with E-state index in [4.69, 9.17) is 17.3 Å². The van der Waals surface area contributed by atoms with E-state index >= 15 is 0 Å². The highest BCUT2D eigenvalue weighted by molar-refractivity contribution is 7.91. The Morgan fingerprint density at radius 1 is 1.10 bits per heavy atom. The van der Waals surface area contributed by atoms with Crippen molar-refractivity contribution in [2.45, 2.75) is 63.0 Å². The van der Waals surface area contributed by atoms with Crippen molar-refractivity contribution in [3.05, 3.63) is 52.0 Å². The molecule has 2 aliphatic heterocycles. The number of rotatable bonds is 9. The molecule has 0 aromatic heterocycles. The Kier molecular flexibility index (Phi) is 9.54. The van der Waals surface area contributed by atoms with Gasteiger partial charge in [-0.05, 0) is 87.8 Å². The van der Waals surface area contributed by atoms with Crippen LogP contribution in [0.25, 0.3) is 0 Å². The summed E-state index contributed by atoms with van der Waals surface area (Å²) in [6.45, 7) is 5.13. The molecule has 3 N–H and O–H groups in total. The number of benzene rings is 2. The Morgan fingerprint density at radius 2 is 1.77 bits per heavy atom. The number of nitrogens with zero attached hydrogens (tertiary/aromatic N) is 2. The molecule has 0 unspecified atom stereocenters. The molecular formula is C27H34ClF3N4O4S. The third kappa shape index (κ3) is 7.59. The number of alkyl halides is 3. The van der Waals surface area contributed by atoms with Crippen molar-refractivity contribution in [1.82, 2.24) is 15.1 Å². The molecule has 40 heavy (non-hydrogen) atoms. The molecule has 2 fully saturated rings. The van der Waals surface area contributed by atoms with Crippen molar-refractivity contribution in [3.8, 4) is 5.75 Å². The lowest BCUT2D eigenvalue weighted by atomic mass is 10.0. The highest BCUT2D eigenvalue weighted by atomic mass is 35.5. The van der Waals surface area contributed by atoms with Crippen LogP contribution in [0, 0.1) is 0 Å². The fraction of sp³-hybridized carbons (Fsp3) is 0.519. The number of amides is 1. The minimum atomic E-state index is -4.97. The second-order valence-electron chi connectivity index (χ2n) is 10.2. The minimum absolute atomic E-state index is 0.0117. The van der Waals surface area contributed by atoms with E-state index in [1.54, 1.807) is 0 Å². The molecule has 2 saturated heterocycles. The summed E-state index contributed by atoms with van der Waals surface area (Å²) in [5, 5.41) is 2.82. The third-order valence-electron chi connectivity index (χ3n) is 7.49. The number of carbonyl (C=O) groups is 1. The molecule has 0 aliphatic carbocycles. The number of ether oxygens (including phenoxy) is 1. The number of hydrogen-bond donors (Lipinski definition) is 2. The first kappa shape index (κ1) is 30.4. The molecule has 2 heterocycles. The number of nitrogens with two attached hydrogens (primary N) is 1. The van der Waals surface area contributed by atoms with Crippen LogP contribution >= 0.6 is 11.6 Å². The van der Waals surface area contributed by atoms with Gasteiger partial charge in [0.15, 0.2) is 9.84 Å². The molecule has 8 nitrogen and oxygen atoms in total. The lowest BCUT2D eigenvalue weighted by Gasteiger charge is -2.36. The van der Waals surface area contributed by atoms with Gasteiger partial charge in [-0.1, -0.05) is 18.5 Å². The summed E-state index contributed by atoms with van der Waals surface area (Å²) in [6.07, 6.45) is -0.688. The van der Waals surface area contributed by atoms with Crippen LogP contribution in [-0.4, -0.2) is 68.5 Å². The molecule has 1 amide bonds. The summed E-state index contributed by atoms with van der Waals surface area (Å²) in [7, 11) is -3.61. The molecule has 4 rings (SSSR count). The zero-order chi connectivity index (χ0) is 29.1. The van der Waals surface area contributed by atoms with Crippen molar-refractivity contribution in [2.75, 3.05) is 37.7 Å². The number of piperidine rings is 1. The highest BCUT2D eigenvalue weighted by Crippen LogP contribution is 2.33. The van der Waals surface area contributed by atoms with E-state index < -0.39 is 27.9 Å². The van der Waals surface area contributed by atoms with Crippen LogP contribution in [0.4, 0.5) is 18.9 Å². The molecule has 13 heteroatoms. The van der Waals surface area contributed by atoms with Gasteiger partial charge in [-0.15, -0.1) is 13.2 Å². The topological polar surface area (TPSA) is 105 Å². The lowest BCUT2D eigenvalue weighted by molar-refractivity contribution is -0.275. The standard InChI is InChI=1S/C27H34ClF3N4O4S/c1-2-40(37,38)25-6-5-20(28)13-18(25)16-33-26(36)22-15-24(39-27(29,30)31)19(14-23(22)32)17-34-11-7-21(8-12-34)35-9-3-4-10-35/h5-6,13-15,21H,2-4,7-12,16-17,32H2,1H3,(H,33,36).